The van der Waals surface area contributed by atoms with Gasteiger partial charge in [0.1, 0.15) is 5.69 Å². The quantitative estimate of drug-likeness (QED) is 0.433. The second kappa shape index (κ2) is 5.50. The minimum absolute atomic E-state index is 0.176. The van der Waals surface area contributed by atoms with E-state index in [0.29, 0.717) is 10.9 Å². The maximum Gasteiger partial charge on any atom is 0.362 e. The Hall–Kier alpha value is -2.37. The molecule has 0 bridgehead atoms. The van der Waals surface area contributed by atoms with Crippen LogP contribution in [0.25, 0.3) is 0 Å². The van der Waals surface area contributed by atoms with Gasteiger partial charge in [0.15, 0.2) is 5.34 Å². The molecule has 0 saturated carbocycles. The van der Waals surface area contributed by atoms with E-state index in [1.54, 1.807) is 30.3 Å². The summed E-state index contributed by atoms with van der Waals surface area (Å²) in [6.45, 7) is 4.87. The first-order valence-corrected chi connectivity index (χ1v) is 4.38. The Kier molecular flexibility index (Phi) is 4.02. The molecule has 0 atom stereocenters. The Morgan fingerprint density at radius 2 is 2.00 bits per heavy atom. The van der Waals surface area contributed by atoms with E-state index in [1.807, 2.05) is 0 Å². The van der Waals surface area contributed by atoms with Gasteiger partial charge in [0.05, 0.1) is 0 Å². The minimum atomic E-state index is -0.715. The first-order chi connectivity index (χ1) is 7.65. The second-order valence-electron chi connectivity index (χ2n) is 2.91. The molecule has 1 aromatic carbocycles. The zero-order chi connectivity index (χ0) is 12.0. The molecule has 6 nitrogen and oxygen atoms in total. The number of nitrogens with zero attached hydrogens (tertiary/aromatic N) is 2. The van der Waals surface area contributed by atoms with Crippen LogP contribution in [0, 0.1) is 4.91 Å². The molecule has 0 N–H and O–H groups in total. The third-order valence-corrected chi connectivity index (χ3v) is 1.59. The number of benzene rings is 1. The largest absolute Gasteiger partial charge is 0.362 e. The summed E-state index contributed by atoms with van der Waals surface area (Å²) < 4.78 is 0. The van der Waals surface area contributed by atoms with E-state index >= 15 is 0 Å². The maximum atomic E-state index is 11.2. The van der Waals surface area contributed by atoms with Crippen LogP contribution in [-0.2, 0) is 14.6 Å². The van der Waals surface area contributed by atoms with E-state index < -0.39 is 5.97 Å². The lowest BCUT2D eigenvalue weighted by Crippen LogP contribution is -2.25. The van der Waals surface area contributed by atoms with Gasteiger partial charge in [0.2, 0.25) is 0 Å². The molecule has 84 valence electrons. The van der Waals surface area contributed by atoms with E-state index in [0.717, 1.165) is 0 Å². The molecule has 6 heteroatoms. The second-order valence-corrected chi connectivity index (χ2v) is 2.91. The highest BCUT2D eigenvalue weighted by Gasteiger charge is 2.15. The molecule has 1 aromatic rings. The Balaban J connectivity index is 2.79. The lowest BCUT2D eigenvalue weighted by molar-refractivity contribution is -0.158. The molecule has 0 fully saturated rings. The zero-order valence-electron chi connectivity index (χ0n) is 8.62. The van der Waals surface area contributed by atoms with Gasteiger partial charge >= 0.3 is 5.97 Å². The summed E-state index contributed by atoms with van der Waals surface area (Å²) in [6.07, 6.45) is 0. The van der Waals surface area contributed by atoms with Crippen LogP contribution in [0.5, 0.6) is 0 Å². The molecule has 0 amide bonds. The Morgan fingerprint density at radius 1 is 1.38 bits per heavy atom. The number of hydrogen-bond donors (Lipinski definition) is 0. The highest BCUT2D eigenvalue weighted by Crippen LogP contribution is 2.15. The van der Waals surface area contributed by atoms with Crippen LogP contribution in [0.1, 0.15) is 6.92 Å². The monoisotopic (exact) mass is 222 g/mol. The van der Waals surface area contributed by atoms with Crippen molar-refractivity contribution in [3.8, 4) is 0 Å². The molecule has 0 radical (unpaired) electrons. The Bertz CT molecular complexity index is 391. The summed E-state index contributed by atoms with van der Waals surface area (Å²) in [5.74, 6) is -0.715. The standard InChI is InChI=1S/C10H10N2O4/c1-8(2)10(13)15-12(16-11-14)9-6-4-3-5-7-9/h3-7H,1H2,2H3. The first-order valence-electron chi connectivity index (χ1n) is 4.38. The third-order valence-electron chi connectivity index (χ3n) is 1.59. The van der Waals surface area contributed by atoms with Crippen molar-refractivity contribution in [3.63, 3.8) is 0 Å². The summed E-state index contributed by atoms with van der Waals surface area (Å²) in [4.78, 5) is 30.2. The smallest absolute Gasteiger partial charge is 0.299 e. The van der Waals surface area contributed by atoms with Crippen LogP contribution in [-0.4, -0.2) is 5.97 Å². The van der Waals surface area contributed by atoms with Crippen LogP contribution in [0.4, 0.5) is 5.69 Å². The molecular weight excluding hydrogens is 212 g/mol. The molecule has 0 aliphatic heterocycles. The molecule has 1 rings (SSSR count). The summed E-state index contributed by atoms with van der Waals surface area (Å²) in [5.41, 5.74) is 0.534. The van der Waals surface area contributed by atoms with Crippen LogP contribution in [0.3, 0.4) is 0 Å². The zero-order valence-corrected chi connectivity index (χ0v) is 8.62. The van der Waals surface area contributed by atoms with Crippen molar-refractivity contribution in [3.05, 3.63) is 47.4 Å². The van der Waals surface area contributed by atoms with Gasteiger partial charge < -0.3 is 0 Å². The number of anilines is 1. The number of carbonyl (C=O) groups is 1. The number of rotatable bonds is 5. The van der Waals surface area contributed by atoms with Gasteiger partial charge in [-0.3, -0.25) is 4.84 Å². The van der Waals surface area contributed by atoms with Gasteiger partial charge in [0.25, 0.3) is 0 Å². The predicted molar refractivity (Wildman–Crippen MR) is 56.7 cm³/mol. The summed E-state index contributed by atoms with van der Waals surface area (Å²) >= 11 is 0. The minimum Gasteiger partial charge on any atom is -0.299 e. The first kappa shape index (κ1) is 11.7. The average Bonchev–Trinajstić information content (AvgIpc) is 2.29. The summed E-state index contributed by atoms with van der Waals surface area (Å²) in [6, 6.07) is 8.29. The van der Waals surface area contributed by atoms with Crippen LogP contribution in [0.2, 0.25) is 0 Å². The van der Waals surface area contributed by atoms with Gasteiger partial charge in [0, 0.05) is 5.57 Å². The van der Waals surface area contributed by atoms with Gasteiger partial charge in [-0.1, -0.05) is 24.8 Å². The molecule has 16 heavy (non-hydrogen) atoms. The van der Waals surface area contributed by atoms with E-state index in [-0.39, 0.29) is 5.57 Å². The molecule has 0 heterocycles. The highest BCUT2D eigenvalue weighted by atomic mass is 17.0. The van der Waals surface area contributed by atoms with Crippen molar-refractivity contribution in [2.24, 2.45) is 5.34 Å². The van der Waals surface area contributed by atoms with Crippen LogP contribution < -0.4 is 5.23 Å². The van der Waals surface area contributed by atoms with Crippen molar-refractivity contribution in [1.82, 2.24) is 0 Å². The highest BCUT2D eigenvalue weighted by molar-refractivity contribution is 5.87. The molecular formula is C10H10N2O4. The topological polar surface area (TPSA) is 68.2 Å². The average molecular weight is 222 g/mol. The van der Waals surface area contributed by atoms with E-state index in [9.17, 15) is 9.70 Å². The van der Waals surface area contributed by atoms with E-state index in [2.05, 4.69) is 16.9 Å². The molecule has 0 spiro atoms. The van der Waals surface area contributed by atoms with Crippen molar-refractivity contribution in [2.45, 2.75) is 6.92 Å². The fourth-order valence-corrected chi connectivity index (χ4v) is 0.850. The van der Waals surface area contributed by atoms with E-state index in [1.165, 1.54) is 6.92 Å². The van der Waals surface area contributed by atoms with E-state index in [4.69, 9.17) is 4.84 Å². The SMILES string of the molecule is C=C(C)C(=O)ON(ON=O)c1ccccc1. The fraction of sp³-hybridized carbons (Fsp3) is 0.100. The third kappa shape index (κ3) is 3.09. The fourth-order valence-electron chi connectivity index (χ4n) is 0.850. The summed E-state index contributed by atoms with van der Waals surface area (Å²) in [5, 5.41) is 2.81. The lowest BCUT2D eigenvalue weighted by atomic mass is 10.3. The molecule has 0 saturated heterocycles. The van der Waals surface area contributed by atoms with Gasteiger partial charge in [-0.15, -0.1) is 4.91 Å². The maximum absolute atomic E-state index is 11.2. The molecule has 0 aromatic heterocycles. The lowest BCUT2D eigenvalue weighted by Gasteiger charge is -2.16. The summed E-state index contributed by atoms with van der Waals surface area (Å²) in [7, 11) is 0. The number of hydrogen-bond acceptors (Lipinski definition) is 6. The van der Waals surface area contributed by atoms with Gasteiger partial charge in [-0.25, -0.2) is 4.79 Å². The van der Waals surface area contributed by atoms with Crippen molar-refractivity contribution < 1.29 is 14.6 Å². The Labute approximate surface area is 91.9 Å². The van der Waals surface area contributed by atoms with Crippen LogP contribution in [0.15, 0.2) is 47.8 Å². The molecule has 0 aliphatic rings. The molecule has 0 unspecified atom stereocenters. The van der Waals surface area contributed by atoms with Crippen molar-refractivity contribution in [1.29, 1.82) is 0 Å². The number of para-hydroxylation sites is 1. The van der Waals surface area contributed by atoms with Crippen LogP contribution >= 0.6 is 0 Å². The predicted octanol–water partition coefficient (Wildman–Crippen LogP) is 2.14. The van der Waals surface area contributed by atoms with Crippen molar-refractivity contribution >= 4 is 11.7 Å². The number of carbonyl (C=O) groups excluding carboxylic acids is 1. The normalized spacial score (nSPS) is 9.06. The molecule has 0 aliphatic carbocycles. The van der Waals surface area contributed by atoms with Crippen molar-refractivity contribution in [2.75, 3.05) is 5.23 Å². The van der Waals surface area contributed by atoms with Gasteiger partial charge in [-0.2, -0.15) is 4.94 Å². The Morgan fingerprint density at radius 3 is 2.50 bits per heavy atom. The van der Waals surface area contributed by atoms with Gasteiger partial charge in [-0.05, 0) is 24.3 Å².